The maximum absolute atomic E-state index is 5.84. The van der Waals surface area contributed by atoms with Gasteiger partial charge in [0.25, 0.3) is 0 Å². The fraction of sp³-hybridized carbons (Fsp3) is 0.133. The first kappa shape index (κ1) is 11.6. The number of methoxy groups -OCH3 is 1. The van der Waals surface area contributed by atoms with E-state index in [9.17, 15) is 0 Å². The van der Waals surface area contributed by atoms with Crippen LogP contribution < -0.4 is 10.5 Å². The highest BCUT2D eigenvalue weighted by Gasteiger charge is 2.13. The van der Waals surface area contributed by atoms with Crippen LogP contribution in [0, 0.1) is 0 Å². The molecule has 4 nitrogen and oxygen atoms in total. The van der Waals surface area contributed by atoms with Crippen LogP contribution in [0.2, 0.25) is 0 Å². The molecule has 3 aromatic rings. The summed E-state index contributed by atoms with van der Waals surface area (Å²) in [6.07, 6.45) is 3.77. The third-order valence-corrected chi connectivity index (χ3v) is 3.26. The normalized spacial score (nSPS) is 10.8. The Morgan fingerprint density at radius 1 is 1.26 bits per heavy atom. The maximum atomic E-state index is 5.84. The van der Waals surface area contributed by atoms with Gasteiger partial charge >= 0.3 is 0 Å². The molecule has 96 valence electrons. The van der Waals surface area contributed by atoms with Gasteiger partial charge < -0.3 is 15.0 Å². The molecular formula is C15H15N3O. The van der Waals surface area contributed by atoms with Gasteiger partial charge in [0, 0.05) is 30.7 Å². The highest BCUT2D eigenvalue weighted by atomic mass is 16.5. The van der Waals surface area contributed by atoms with Gasteiger partial charge in [-0.05, 0) is 24.3 Å². The van der Waals surface area contributed by atoms with E-state index < -0.39 is 0 Å². The van der Waals surface area contributed by atoms with Crippen molar-refractivity contribution in [2.45, 2.75) is 0 Å². The quantitative estimate of drug-likeness (QED) is 0.764. The maximum Gasteiger partial charge on any atom is 0.128 e. The number of pyridine rings is 1. The van der Waals surface area contributed by atoms with E-state index in [0.29, 0.717) is 5.69 Å². The summed E-state index contributed by atoms with van der Waals surface area (Å²) in [6.45, 7) is 0. The van der Waals surface area contributed by atoms with Gasteiger partial charge in [-0.25, -0.2) is 0 Å². The number of aromatic nitrogens is 2. The van der Waals surface area contributed by atoms with Gasteiger partial charge in [0.2, 0.25) is 0 Å². The van der Waals surface area contributed by atoms with Crippen LogP contribution in [0.3, 0.4) is 0 Å². The first-order valence-corrected chi connectivity index (χ1v) is 6.04. The number of hydrogen-bond donors (Lipinski definition) is 1. The average molecular weight is 253 g/mol. The van der Waals surface area contributed by atoms with Crippen molar-refractivity contribution in [3.63, 3.8) is 0 Å². The Labute approximate surface area is 111 Å². The van der Waals surface area contributed by atoms with E-state index in [1.54, 1.807) is 19.4 Å². The van der Waals surface area contributed by atoms with Crippen molar-refractivity contribution in [1.29, 1.82) is 0 Å². The van der Waals surface area contributed by atoms with Crippen molar-refractivity contribution < 1.29 is 4.74 Å². The van der Waals surface area contributed by atoms with Crippen molar-refractivity contribution in [3.05, 3.63) is 42.7 Å². The van der Waals surface area contributed by atoms with E-state index in [1.165, 1.54) is 0 Å². The molecule has 0 spiro atoms. The molecule has 1 aromatic carbocycles. The predicted octanol–water partition coefficient (Wildman–Crippen LogP) is 2.83. The van der Waals surface area contributed by atoms with Gasteiger partial charge in [0.1, 0.15) is 5.75 Å². The number of nitrogen functional groups attached to an aromatic ring is 1. The van der Waals surface area contributed by atoms with Gasteiger partial charge in [-0.2, -0.15) is 0 Å². The van der Waals surface area contributed by atoms with Gasteiger partial charge in [-0.1, -0.05) is 6.07 Å². The standard InChI is InChI=1S/C15H15N3O/c1-18-9-11(12-8-10(16)6-7-17-12)15-13(18)4-3-5-14(15)19-2/h3-9H,1-2H3,(H2,16,17). The van der Waals surface area contributed by atoms with E-state index in [1.807, 2.05) is 25.2 Å². The summed E-state index contributed by atoms with van der Waals surface area (Å²) < 4.78 is 7.53. The first-order valence-electron chi connectivity index (χ1n) is 6.04. The van der Waals surface area contributed by atoms with Crippen LogP contribution in [0.5, 0.6) is 5.75 Å². The Kier molecular flexibility index (Phi) is 2.63. The average Bonchev–Trinajstić information content (AvgIpc) is 2.76. The largest absolute Gasteiger partial charge is 0.496 e. The minimum absolute atomic E-state index is 0.705. The molecule has 2 heterocycles. The lowest BCUT2D eigenvalue weighted by Gasteiger charge is -2.05. The molecule has 2 N–H and O–H groups in total. The molecule has 0 aliphatic heterocycles. The van der Waals surface area contributed by atoms with Crippen LogP contribution in [-0.4, -0.2) is 16.7 Å². The van der Waals surface area contributed by atoms with Crippen molar-refractivity contribution >= 4 is 16.6 Å². The third kappa shape index (κ3) is 1.81. The Balaban J connectivity index is 2.35. The summed E-state index contributed by atoms with van der Waals surface area (Å²) in [6, 6.07) is 9.66. The number of benzene rings is 1. The number of ether oxygens (including phenoxy) is 1. The molecular weight excluding hydrogens is 238 g/mol. The van der Waals surface area contributed by atoms with Crippen molar-refractivity contribution in [2.24, 2.45) is 7.05 Å². The molecule has 2 aromatic heterocycles. The number of anilines is 1. The Morgan fingerprint density at radius 2 is 2.11 bits per heavy atom. The van der Waals surface area contributed by atoms with Crippen LogP contribution >= 0.6 is 0 Å². The monoisotopic (exact) mass is 253 g/mol. The summed E-state index contributed by atoms with van der Waals surface area (Å²) in [5.74, 6) is 0.845. The van der Waals surface area contributed by atoms with E-state index in [2.05, 4.69) is 21.8 Å². The van der Waals surface area contributed by atoms with E-state index >= 15 is 0 Å². The molecule has 0 aliphatic rings. The van der Waals surface area contributed by atoms with E-state index in [0.717, 1.165) is 27.9 Å². The second-order valence-electron chi connectivity index (χ2n) is 4.48. The molecule has 0 fully saturated rings. The highest BCUT2D eigenvalue weighted by Crippen LogP contribution is 2.35. The zero-order valence-corrected chi connectivity index (χ0v) is 10.9. The highest BCUT2D eigenvalue weighted by molar-refractivity contribution is 5.99. The zero-order chi connectivity index (χ0) is 13.4. The third-order valence-electron chi connectivity index (χ3n) is 3.26. The molecule has 0 saturated heterocycles. The number of nitrogens with zero attached hydrogens (tertiary/aromatic N) is 2. The Morgan fingerprint density at radius 3 is 2.84 bits per heavy atom. The van der Waals surface area contributed by atoms with Gasteiger partial charge in [-0.3, -0.25) is 4.98 Å². The second-order valence-corrected chi connectivity index (χ2v) is 4.48. The predicted molar refractivity (Wildman–Crippen MR) is 77.1 cm³/mol. The van der Waals surface area contributed by atoms with Crippen LogP contribution in [0.1, 0.15) is 0 Å². The summed E-state index contributed by atoms with van der Waals surface area (Å²) in [5.41, 5.74) is 9.54. The summed E-state index contributed by atoms with van der Waals surface area (Å²) in [7, 11) is 3.69. The lowest BCUT2D eigenvalue weighted by Crippen LogP contribution is -1.89. The molecule has 0 bridgehead atoms. The van der Waals surface area contributed by atoms with Crippen LogP contribution in [0.15, 0.2) is 42.7 Å². The van der Waals surface area contributed by atoms with Crippen LogP contribution in [0.4, 0.5) is 5.69 Å². The summed E-state index contributed by atoms with van der Waals surface area (Å²) >= 11 is 0. The molecule has 0 saturated carbocycles. The lowest BCUT2D eigenvalue weighted by molar-refractivity contribution is 0.420. The van der Waals surface area contributed by atoms with Gasteiger partial charge in [0.05, 0.1) is 23.7 Å². The van der Waals surface area contributed by atoms with E-state index in [-0.39, 0.29) is 0 Å². The first-order chi connectivity index (χ1) is 9.20. The molecule has 0 radical (unpaired) electrons. The number of nitrogens with two attached hydrogens (primary N) is 1. The summed E-state index contributed by atoms with van der Waals surface area (Å²) in [4.78, 5) is 4.40. The topological polar surface area (TPSA) is 53.1 Å². The molecule has 0 atom stereocenters. The molecule has 4 heteroatoms. The number of aryl methyl sites for hydroxylation is 1. The number of fused-ring (bicyclic) bond motifs is 1. The molecule has 0 aliphatic carbocycles. The van der Waals surface area contributed by atoms with Crippen molar-refractivity contribution in [1.82, 2.24) is 9.55 Å². The Bertz CT molecular complexity index is 746. The Hall–Kier alpha value is -2.49. The SMILES string of the molecule is COc1cccc2c1c(-c1cc(N)ccn1)cn2C. The second kappa shape index (κ2) is 4.31. The molecule has 19 heavy (non-hydrogen) atoms. The van der Waals surface area contributed by atoms with Gasteiger partial charge in [-0.15, -0.1) is 0 Å². The number of rotatable bonds is 2. The van der Waals surface area contributed by atoms with Gasteiger partial charge in [0.15, 0.2) is 0 Å². The number of hydrogen-bond acceptors (Lipinski definition) is 3. The molecule has 0 amide bonds. The minimum Gasteiger partial charge on any atom is -0.496 e. The van der Waals surface area contributed by atoms with E-state index in [4.69, 9.17) is 10.5 Å². The minimum atomic E-state index is 0.705. The lowest BCUT2D eigenvalue weighted by atomic mass is 10.1. The fourth-order valence-electron chi connectivity index (χ4n) is 2.37. The van der Waals surface area contributed by atoms with Crippen LogP contribution in [0.25, 0.3) is 22.2 Å². The smallest absolute Gasteiger partial charge is 0.128 e. The summed E-state index contributed by atoms with van der Waals surface area (Å²) in [5, 5.41) is 1.06. The zero-order valence-electron chi connectivity index (χ0n) is 10.9. The van der Waals surface area contributed by atoms with Crippen molar-refractivity contribution in [2.75, 3.05) is 12.8 Å². The van der Waals surface area contributed by atoms with Crippen LogP contribution in [-0.2, 0) is 7.05 Å². The molecule has 3 rings (SSSR count). The fourth-order valence-corrected chi connectivity index (χ4v) is 2.37. The van der Waals surface area contributed by atoms with Crippen molar-refractivity contribution in [3.8, 4) is 17.0 Å². The molecule has 0 unspecified atom stereocenters.